The summed E-state index contributed by atoms with van der Waals surface area (Å²) in [6.45, 7) is 1.32. The first kappa shape index (κ1) is 18.4. The molecule has 0 saturated heterocycles. The lowest BCUT2D eigenvalue weighted by Gasteiger charge is -2.14. The van der Waals surface area contributed by atoms with Gasteiger partial charge in [0.25, 0.3) is 0 Å². The van der Waals surface area contributed by atoms with E-state index in [2.05, 4.69) is 21.2 Å². The number of ether oxygens (including phenoxy) is 3. The quantitative estimate of drug-likeness (QED) is 0.669. The van der Waals surface area contributed by atoms with E-state index in [1.165, 1.54) is 0 Å². The molecular formula is C18H22BrNO4. The first-order valence-corrected chi connectivity index (χ1v) is 8.36. The molecule has 2 rings (SSSR count). The third-order valence-corrected chi connectivity index (χ3v) is 4.38. The van der Waals surface area contributed by atoms with Crippen LogP contribution >= 0.6 is 15.9 Å². The number of phenols is 1. The summed E-state index contributed by atoms with van der Waals surface area (Å²) in [7, 11) is 4.85. The summed E-state index contributed by atoms with van der Waals surface area (Å²) >= 11 is 3.32. The van der Waals surface area contributed by atoms with Gasteiger partial charge >= 0.3 is 0 Å². The van der Waals surface area contributed by atoms with Crippen molar-refractivity contribution in [3.63, 3.8) is 0 Å². The van der Waals surface area contributed by atoms with Crippen LogP contribution in [0, 0.1) is 0 Å². The number of rotatable bonds is 8. The van der Waals surface area contributed by atoms with E-state index in [1.807, 2.05) is 30.3 Å². The lowest BCUT2D eigenvalue weighted by atomic mass is 10.1. The summed E-state index contributed by atoms with van der Waals surface area (Å²) in [5.41, 5.74) is 1.88. The van der Waals surface area contributed by atoms with E-state index < -0.39 is 0 Å². The van der Waals surface area contributed by atoms with Crippen LogP contribution in [0.3, 0.4) is 0 Å². The molecule has 0 amide bonds. The SMILES string of the molecule is COc1cc(OC)c(OC)cc1CCNCc1cccc(Br)c1O. The minimum Gasteiger partial charge on any atom is -0.506 e. The van der Waals surface area contributed by atoms with Gasteiger partial charge in [-0.25, -0.2) is 0 Å². The minimum atomic E-state index is 0.272. The van der Waals surface area contributed by atoms with E-state index in [9.17, 15) is 5.11 Å². The molecule has 0 aliphatic rings. The van der Waals surface area contributed by atoms with Gasteiger partial charge in [0, 0.05) is 18.2 Å². The van der Waals surface area contributed by atoms with Gasteiger partial charge in [0.1, 0.15) is 11.5 Å². The standard InChI is InChI=1S/C18H22BrNO4/c1-22-15-10-17(24-3)16(23-2)9-12(15)7-8-20-11-13-5-4-6-14(19)18(13)21/h4-6,9-10,20-21H,7-8,11H2,1-3H3. The van der Waals surface area contributed by atoms with Crippen LogP contribution < -0.4 is 19.5 Å². The smallest absolute Gasteiger partial charge is 0.164 e. The van der Waals surface area contributed by atoms with Gasteiger partial charge in [0.2, 0.25) is 0 Å². The monoisotopic (exact) mass is 395 g/mol. The Labute approximate surface area is 150 Å². The molecule has 0 radical (unpaired) electrons. The van der Waals surface area contributed by atoms with E-state index in [0.29, 0.717) is 22.5 Å². The van der Waals surface area contributed by atoms with E-state index >= 15 is 0 Å². The van der Waals surface area contributed by atoms with E-state index in [0.717, 1.165) is 29.8 Å². The van der Waals surface area contributed by atoms with E-state index in [4.69, 9.17) is 14.2 Å². The fourth-order valence-electron chi connectivity index (χ4n) is 2.44. The number of benzene rings is 2. The predicted molar refractivity (Wildman–Crippen MR) is 97.3 cm³/mol. The van der Waals surface area contributed by atoms with Crippen molar-refractivity contribution in [3.05, 3.63) is 45.9 Å². The van der Waals surface area contributed by atoms with Crippen molar-refractivity contribution in [2.24, 2.45) is 0 Å². The Bertz CT molecular complexity index is 691. The van der Waals surface area contributed by atoms with Crippen molar-refractivity contribution < 1.29 is 19.3 Å². The highest BCUT2D eigenvalue weighted by Gasteiger charge is 2.11. The van der Waals surface area contributed by atoms with Crippen molar-refractivity contribution in [2.45, 2.75) is 13.0 Å². The minimum absolute atomic E-state index is 0.272. The zero-order valence-electron chi connectivity index (χ0n) is 14.1. The van der Waals surface area contributed by atoms with Crippen LogP contribution in [0.2, 0.25) is 0 Å². The molecule has 2 N–H and O–H groups in total. The van der Waals surface area contributed by atoms with Gasteiger partial charge in [0.15, 0.2) is 11.5 Å². The van der Waals surface area contributed by atoms with Crippen molar-refractivity contribution >= 4 is 15.9 Å². The normalized spacial score (nSPS) is 10.5. The number of hydrogen-bond donors (Lipinski definition) is 2. The number of nitrogens with one attached hydrogen (secondary N) is 1. The number of aromatic hydroxyl groups is 1. The predicted octanol–water partition coefficient (Wildman–Crippen LogP) is 3.51. The fraction of sp³-hybridized carbons (Fsp3) is 0.333. The lowest BCUT2D eigenvalue weighted by molar-refractivity contribution is 0.347. The van der Waals surface area contributed by atoms with Crippen LogP contribution in [0.25, 0.3) is 0 Å². The molecule has 0 aliphatic carbocycles. The van der Waals surface area contributed by atoms with Gasteiger partial charge in [0.05, 0.1) is 25.8 Å². The number of para-hydroxylation sites is 1. The maximum atomic E-state index is 9.98. The van der Waals surface area contributed by atoms with Crippen LogP contribution in [0.15, 0.2) is 34.8 Å². The van der Waals surface area contributed by atoms with Crippen LogP contribution in [0.1, 0.15) is 11.1 Å². The molecule has 2 aromatic rings. The molecule has 6 heteroatoms. The zero-order valence-corrected chi connectivity index (χ0v) is 15.6. The maximum absolute atomic E-state index is 9.98. The molecule has 0 aromatic heterocycles. The Balaban J connectivity index is 2.00. The molecule has 0 saturated carbocycles. The molecule has 0 spiro atoms. The van der Waals surface area contributed by atoms with Crippen molar-refractivity contribution in [1.82, 2.24) is 5.32 Å². The van der Waals surface area contributed by atoms with Crippen LogP contribution in [-0.2, 0) is 13.0 Å². The Morgan fingerprint density at radius 1 is 0.958 bits per heavy atom. The molecule has 0 aliphatic heterocycles. The Morgan fingerprint density at radius 3 is 2.29 bits per heavy atom. The van der Waals surface area contributed by atoms with Crippen molar-refractivity contribution in [2.75, 3.05) is 27.9 Å². The van der Waals surface area contributed by atoms with Gasteiger partial charge in [-0.15, -0.1) is 0 Å². The largest absolute Gasteiger partial charge is 0.506 e. The molecule has 0 heterocycles. The summed E-state index contributed by atoms with van der Waals surface area (Å²) < 4.78 is 16.8. The highest BCUT2D eigenvalue weighted by molar-refractivity contribution is 9.10. The molecule has 2 aromatic carbocycles. The van der Waals surface area contributed by atoms with E-state index in [1.54, 1.807) is 21.3 Å². The molecule has 0 fully saturated rings. The number of methoxy groups -OCH3 is 3. The zero-order chi connectivity index (χ0) is 17.5. The van der Waals surface area contributed by atoms with Crippen LogP contribution in [0.4, 0.5) is 0 Å². The Kier molecular flexibility index (Phi) is 6.75. The van der Waals surface area contributed by atoms with E-state index in [-0.39, 0.29) is 5.75 Å². The topological polar surface area (TPSA) is 60.0 Å². The molecule has 24 heavy (non-hydrogen) atoms. The van der Waals surface area contributed by atoms with Gasteiger partial charge in [-0.1, -0.05) is 12.1 Å². The second-order valence-corrected chi connectivity index (χ2v) is 6.05. The van der Waals surface area contributed by atoms with Crippen LogP contribution in [-0.4, -0.2) is 33.0 Å². The number of halogens is 1. The maximum Gasteiger partial charge on any atom is 0.164 e. The average molecular weight is 396 g/mol. The summed E-state index contributed by atoms with van der Waals surface area (Å²) in [6, 6.07) is 9.36. The Morgan fingerprint density at radius 2 is 1.62 bits per heavy atom. The first-order valence-electron chi connectivity index (χ1n) is 7.56. The summed E-state index contributed by atoms with van der Waals surface area (Å²) in [5.74, 6) is 2.36. The molecule has 5 nitrogen and oxygen atoms in total. The second kappa shape index (κ2) is 8.80. The number of phenolic OH excluding ortho intramolecular Hbond substituents is 1. The van der Waals surface area contributed by atoms with Gasteiger partial charge in [-0.05, 0) is 46.6 Å². The average Bonchev–Trinajstić information content (AvgIpc) is 2.61. The molecule has 0 atom stereocenters. The highest BCUT2D eigenvalue weighted by Crippen LogP contribution is 2.34. The van der Waals surface area contributed by atoms with Crippen LogP contribution in [0.5, 0.6) is 23.0 Å². The van der Waals surface area contributed by atoms with Crippen molar-refractivity contribution in [3.8, 4) is 23.0 Å². The Hall–Kier alpha value is -1.92. The van der Waals surface area contributed by atoms with Gasteiger partial charge in [-0.3, -0.25) is 0 Å². The molecular weight excluding hydrogens is 374 g/mol. The fourth-order valence-corrected chi connectivity index (χ4v) is 2.84. The first-order chi connectivity index (χ1) is 11.6. The molecule has 0 bridgehead atoms. The van der Waals surface area contributed by atoms with Gasteiger partial charge in [-0.2, -0.15) is 0 Å². The summed E-state index contributed by atoms with van der Waals surface area (Å²) in [4.78, 5) is 0. The molecule has 130 valence electrons. The number of hydrogen-bond acceptors (Lipinski definition) is 5. The highest BCUT2D eigenvalue weighted by atomic mass is 79.9. The third kappa shape index (κ3) is 4.33. The van der Waals surface area contributed by atoms with Gasteiger partial charge < -0.3 is 24.6 Å². The second-order valence-electron chi connectivity index (χ2n) is 5.19. The summed E-state index contributed by atoms with van der Waals surface area (Å²) in [5, 5.41) is 13.3. The third-order valence-electron chi connectivity index (χ3n) is 3.74. The van der Waals surface area contributed by atoms with Crippen molar-refractivity contribution in [1.29, 1.82) is 0 Å². The molecule has 0 unspecified atom stereocenters. The summed E-state index contributed by atoms with van der Waals surface area (Å²) in [6.07, 6.45) is 0.762. The lowest BCUT2D eigenvalue weighted by Crippen LogP contribution is -2.17.